The van der Waals surface area contributed by atoms with Crippen LogP contribution in [0.2, 0.25) is 5.02 Å². The van der Waals surface area contributed by atoms with Gasteiger partial charge < -0.3 is 4.18 Å². The van der Waals surface area contributed by atoms with E-state index >= 15 is 0 Å². The molecule has 0 saturated heterocycles. The van der Waals surface area contributed by atoms with E-state index in [1.807, 2.05) is 0 Å². The highest BCUT2D eigenvalue weighted by molar-refractivity contribution is 8.42. The number of hydrogen-bond acceptors (Lipinski definition) is 9. The fraction of sp³-hybridized carbons (Fsp3) is 0.0526. The predicted molar refractivity (Wildman–Crippen MR) is 126 cm³/mol. The van der Waals surface area contributed by atoms with Crippen molar-refractivity contribution >= 4 is 70.7 Å². The zero-order valence-corrected chi connectivity index (χ0v) is 19.8. The number of amides is 1. The van der Waals surface area contributed by atoms with Crippen molar-refractivity contribution in [1.82, 2.24) is 5.01 Å². The minimum atomic E-state index is -4.10. The fourth-order valence-electron chi connectivity index (χ4n) is 2.72. The van der Waals surface area contributed by atoms with E-state index < -0.39 is 25.9 Å². The first-order valence-electron chi connectivity index (χ1n) is 8.95. The number of aliphatic imine (C=N–C) groups is 1. The van der Waals surface area contributed by atoms with Gasteiger partial charge in [0.05, 0.1) is 10.6 Å². The third-order valence-corrected chi connectivity index (χ3v) is 8.37. The first-order chi connectivity index (χ1) is 15.5. The van der Waals surface area contributed by atoms with Crippen LogP contribution in [0.25, 0.3) is 6.08 Å². The van der Waals surface area contributed by atoms with Crippen LogP contribution < -0.4 is 4.18 Å². The normalized spacial score (nSPS) is 17.6. The van der Waals surface area contributed by atoms with E-state index in [2.05, 4.69) is 10.1 Å². The predicted octanol–water partition coefficient (Wildman–Crippen LogP) is 2.73. The van der Waals surface area contributed by atoms with Crippen LogP contribution in [0.4, 0.5) is 0 Å². The van der Waals surface area contributed by atoms with Crippen molar-refractivity contribution in [3.63, 3.8) is 0 Å². The molecule has 0 unspecified atom stereocenters. The van der Waals surface area contributed by atoms with E-state index in [1.54, 1.807) is 18.2 Å². The highest BCUT2D eigenvalue weighted by Crippen LogP contribution is 2.32. The van der Waals surface area contributed by atoms with Gasteiger partial charge in [-0.25, -0.2) is 8.42 Å². The molecular formula is C19H13ClN4O6S3. The van der Waals surface area contributed by atoms with E-state index in [9.17, 15) is 21.6 Å². The third-order valence-electron chi connectivity index (χ3n) is 4.25. The molecule has 33 heavy (non-hydrogen) atoms. The molecule has 0 radical (unpaired) electrons. The quantitative estimate of drug-likeness (QED) is 0.474. The number of nitrogens with zero attached hydrogens (tertiary/aromatic N) is 3. The zero-order chi connectivity index (χ0) is 24.0. The summed E-state index contributed by atoms with van der Waals surface area (Å²) in [6.45, 7) is 0. The number of hydrogen-bond donors (Lipinski definition) is 1. The molecule has 2 aromatic carbocycles. The number of sulfone groups is 1. The largest absolute Gasteiger partial charge is 0.377 e. The molecule has 1 N–H and O–H groups in total. The van der Waals surface area contributed by atoms with Crippen molar-refractivity contribution in [2.45, 2.75) is 4.90 Å². The molecule has 0 saturated carbocycles. The van der Waals surface area contributed by atoms with Crippen LogP contribution in [0.1, 0.15) is 5.56 Å². The topological polar surface area (TPSA) is 146 Å². The molecule has 2 heterocycles. The molecule has 0 bridgehead atoms. The second kappa shape index (κ2) is 8.41. The number of rotatable bonds is 4. The summed E-state index contributed by atoms with van der Waals surface area (Å²) in [5.41, 5.74) is 0.204. The Bertz CT molecular complexity index is 1500. The molecular weight excluding hydrogens is 512 g/mol. The maximum Gasteiger partial charge on any atom is 0.339 e. The van der Waals surface area contributed by atoms with Crippen molar-refractivity contribution < 1.29 is 25.8 Å². The van der Waals surface area contributed by atoms with E-state index in [-0.39, 0.29) is 36.6 Å². The summed E-state index contributed by atoms with van der Waals surface area (Å²) in [7, 11) is -7.74. The number of carbonyl (C=O) groups is 1. The minimum absolute atomic E-state index is 0.0320. The smallest absolute Gasteiger partial charge is 0.339 e. The second-order valence-electron chi connectivity index (χ2n) is 6.70. The van der Waals surface area contributed by atoms with Crippen molar-refractivity contribution in [3.8, 4) is 5.75 Å². The molecule has 1 amide bonds. The average Bonchev–Trinajstić information content (AvgIpc) is 3.18. The molecule has 170 valence electrons. The monoisotopic (exact) mass is 524 g/mol. The molecule has 2 aliphatic rings. The Morgan fingerprint density at radius 2 is 1.82 bits per heavy atom. The molecule has 10 nitrogen and oxygen atoms in total. The molecule has 2 aliphatic heterocycles. The lowest BCUT2D eigenvalue weighted by Crippen LogP contribution is -2.35. The van der Waals surface area contributed by atoms with Gasteiger partial charge in [-0.3, -0.25) is 10.2 Å². The summed E-state index contributed by atoms with van der Waals surface area (Å²) >= 11 is 6.86. The van der Waals surface area contributed by atoms with Crippen LogP contribution in [-0.4, -0.2) is 49.4 Å². The van der Waals surface area contributed by atoms with Gasteiger partial charge in [-0.1, -0.05) is 35.9 Å². The summed E-state index contributed by atoms with van der Waals surface area (Å²) in [5.74, 6) is -1.24. The van der Waals surface area contributed by atoms with Gasteiger partial charge in [0, 0.05) is 6.26 Å². The average molecular weight is 525 g/mol. The number of nitrogens with one attached hydrogen (secondary N) is 1. The highest BCUT2D eigenvalue weighted by atomic mass is 35.5. The second-order valence-corrected chi connectivity index (χ2v) is 11.8. The standard InChI is InChI=1S/C19H13ClN4O6S3/c1-32(26,27)19-23-24-16(21)13(17(25)22-18(24)31-19)9-11-7-8-15(14(20)10-11)30-33(28,29)12-5-3-2-4-6-12/h2-10,21H,1H3/b13-9-,21-16?. The highest BCUT2D eigenvalue weighted by Gasteiger charge is 2.38. The Labute approximate surface area is 198 Å². The van der Waals surface area contributed by atoms with Crippen LogP contribution in [0.15, 0.2) is 69.1 Å². The SMILES string of the molecule is CS(=O)(=O)C1=NN2C(=N)/C(=C/c3ccc(OS(=O)(=O)c4ccccc4)c(Cl)c3)C(=O)N=C2S1. The van der Waals surface area contributed by atoms with Crippen LogP contribution in [-0.2, 0) is 24.7 Å². The van der Waals surface area contributed by atoms with Gasteiger partial charge in [-0.15, -0.1) is 5.10 Å². The summed E-state index contributed by atoms with van der Waals surface area (Å²) < 4.78 is 53.1. The Morgan fingerprint density at radius 3 is 2.45 bits per heavy atom. The van der Waals surface area contributed by atoms with E-state index in [4.69, 9.17) is 21.2 Å². The van der Waals surface area contributed by atoms with Crippen LogP contribution in [0.5, 0.6) is 5.75 Å². The number of fused-ring (bicyclic) bond motifs is 1. The maximum atomic E-state index is 12.4. The summed E-state index contributed by atoms with van der Waals surface area (Å²) in [5, 5.41) is 13.0. The van der Waals surface area contributed by atoms with Crippen molar-refractivity contribution in [2.75, 3.05) is 6.26 Å². The van der Waals surface area contributed by atoms with Gasteiger partial charge in [-0.05, 0) is 47.7 Å². The molecule has 4 rings (SSSR count). The van der Waals surface area contributed by atoms with Gasteiger partial charge in [0.2, 0.25) is 19.4 Å². The summed E-state index contributed by atoms with van der Waals surface area (Å²) in [6.07, 6.45) is 2.27. The molecule has 14 heteroatoms. The van der Waals surface area contributed by atoms with Crippen LogP contribution >= 0.6 is 23.4 Å². The fourth-order valence-corrected chi connectivity index (χ4v) is 5.65. The number of benzene rings is 2. The zero-order valence-electron chi connectivity index (χ0n) is 16.6. The Balaban J connectivity index is 1.62. The number of amidine groups is 2. The lowest BCUT2D eigenvalue weighted by molar-refractivity contribution is -0.114. The molecule has 2 aromatic rings. The van der Waals surface area contributed by atoms with Gasteiger partial charge in [0.1, 0.15) is 4.90 Å². The summed E-state index contributed by atoms with van der Waals surface area (Å²) in [4.78, 5) is 16.2. The van der Waals surface area contributed by atoms with E-state index in [0.717, 1.165) is 11.3 Å². The lowest BCUT2D eigenvalue weighted by atomic mass is 10.1. The van der Waals surface area contributed by atoms with Gasteiger partial charge >= 0.3 is 10.1 Å². The first kappa shape index (κ1) is 23.2. The Kier molecular flexibility index (Phi) is 5.90. The van der Waals surface area contributed by atoms with Crippen LogP contribution in [0.3, 0.4) is 0 Å². The number of halogens is 1. The summed E-state index contributed by atoms with van der Waals surface area (Å²) in [6, 6.07) is 11.6. The molecule has 0 spiro atoms. The molecule has 0 atom stereocenters. The maximum absolute atomic E-state index is 12.4. The molecule has 0 aromatic heterocycles. The minimum Gasteiger partial charge on any atom is -0.377 e. The molecule has 0 fully saturated rings. The lowest BCUT2D eigenvalue weighted by Gasteiger charge is -2.20. The Hall–Kier alpha value is -3.00. The van der Waals surface area contributed by atoms with Gasteiger partial charge in [0.25, 0.3) is 5.91 Å². The Morgan fingerprint density at radius 1 is 1.12 bits per heavy atom. The van der Waals surface area contributed by atoms with E-state index in [1.165, 1.54) is 36.4 Å². The van der Waals surface area contributed by atoms with Gasteiger partial charge in [0.15, 0.2) is 11.6 Å². The molecule has 0 aliphatic carbocycles. The van der Waals surface area contributed by atoms with E-state index in [0.29, 0.717) is 17.3 Å². The number of carbonyl (C=O) groups excluding carboxylic acids is 1. The third kappa shape index (κ3) is 4.71. The van der Waals surface area contributed by atoms with Gasteiger partial charge in [-0.2, -0.15) is 18.4 Å². The van der Waals surface area contributed by atoms with Crippen molar-refractivity contribution in [1.29, 1.82) is 5.41 Å². The number of thioether (sulfide) groups is 1. The van der Waals surface area contributed by atoms with Crippen molar-refractivity contribution in [2.24, 2.45) is 10.1 Å². The van der Waals surface area contributed by atoms with Crippen molar-refractivity contribution in [3.05, 3.63) is 64.7 Å². The number of hydrazone groups is 1. The first-order valence-corrected chi connectivity index (χ1v) is 13.4. The van der Waals surface area contributed by atoms with Crippen LogP contribution in [0, 0.1) is 5.41 Å².